The molecule has 22 aromatic rings. The Hall–Kier alpha value is -15.8. The number of para-hydroxylation sites is 7. The molecule has 19 aromatic carbocycles. The van der Waals surface area contributed by atoms with Gasteiger partial charge in [-0.3, -0.25) is 0 Å². The second kappa shape index (κ2) is 28.1. The Morgan fingerprint density at radius 2 is 0.559 bits per heavy atom. The van der Waals surface area contributed by atoms with Gasteiger partial charge in [0.2, 0.25) is 0 Å². The number of fused-ring (bicyclic) bond motifs is 23. The fraction of sp³-hybridized carbons (Fsp3) is 0.0579. The number of aromatic nitrogens is 3. The normalized spacial score (nSPS) is 15.0. The van der Waals surface area contributed by atoms with Crippen molar-refractivity contribution in [1.29, 1.82) is 0 Å². The standard InChI is InChI=1S/C121H82BN5/c1-7-37-77(38-8-1)84-49-22-30-64-106(84)124-109-67-33-25-55-94(109)98-72-114-104(75-112(98)124)122-105-76-113-99(95-56-26-34-68-110(95)125(113)107-65-31-23-50-85(107)78-39-9-2-10-40-78)73-115(105)127(120-88(81-45-15-5-16-46-81)59-36-60-89(120)82-47-17-6-18-48-82)117-70-83(69-116(118(117)122)126(114)119-86(79-41-11-3-12-42-79)57-35-58-87(119)80-43-13-4-14-44-80)123-108-66-32-24-54-93(108)97-71-96-92-53-21-29-63-102(92)121(103(96)74-111(97)123)100-61-27-19-51-90(100)91-52-20-28-62-101(91)121/h1-20,22-28,30-52,54-62,64-76,92,102H,21,29,53,63H2. The maximum Gasteiger partial charge on any atom is 0.252 e. The van der Waals surface area contributed by atoms with Crippen LogP contribution in [0.25, 0.3) is 160 Å². The summed E-state index contributed by atoms with van der Waals surface area (Å²) in [5, 5.41) is 7.21. The molecule has 5 nitrogen and oxygen atoms in total. The zero-order valence-corrected chi connectivity index (χ0v) is 69.9. The molecule has 3 aliphatic carbocycles. The van der Waals surface area contributed by atoms with E-state index in [0.29, 0.717) is 11.8 Å². The van der Waals surface area contributed by atoms with Crippen molar-refractivity contribution in [1.82, 2.24) is 13.7 Å². The maximum atomic E-state index is 2.77. The zero-order valence-electron chi connectivity index (χ0n) is 69.9. The molecule has 0 radical (unpaired) electrons. The topological polar surface area (TPSA) is 21.3 Å². The van der Waals surface area contributed by atoms with E-state index >= 15 is 0 Å². The van der Waals surface area contributed by atoms with Gasteiger partial charge in [0.25, 0.3) is 6.71 Å². The van der Waals surface area contributed by atoms with Crippen molar-refractivity contribution >= 4 is 123 Å². The monoisotopic (exact) mass is 1620 g/mol. The van der Waals surface area contributed by atoms with Crippen LogP contribution in [-0.4, -0.2) is 20.4 Å². The van der Waals surface area contributed by atoms with E-state index in [4.69, 9.17) is 0 Å². The van der Waals surface area contributed by atoms with Gasteiger partial charge >= 0.3 is 0 Å². The number of rotatable bonds is 11. The molecule has 0 saturated heterocycles. The lowest BCUT2D eigenvalue weighted by atomic mass is 9.33. The molecule has 6 heteroatoms. The van der Waals surface area contributed by atoms with E-state index in [1.165, 1.54) is 103 Å². The molecule has 594 valence electrons. The van der Waals surface area contributed by atoms with E-state index in [1.54, 1.807) is 0 Å². The quantitative estimate of drug-likeness (QED) is 0.120. The molecule has 1 saturated carbocycles. The molecule has 0 bridgehead atoms. The molecule has 5 aliphatic rings. The van der Waals surface area contributed by atoms with Crippen molar-refractivity contribution < 1.29 is 0 Å². The number of hydrogen-bond donors (Lipinski definition) is 0. The summed E-state index contributed by atoms with van der Waals surface area (Å²) in [7, 11) is 0. The van der Waals surface area contributed by atoms with E-state index in [2.05, 4.69) is 460 Å². The fourth-order valence-electron chi connectivity index (χ4n) is 24.2. The Bertz CT molecular complexity index is 7770. The Kier molecular flexibility index (Phi) is 15.9. The molecule has 3 aromatic heterocycles. The maximum absolute atomic E-state index is 2.77. The van der Waals surface area contributed by atoms with Crippen LogP contribution in [-0.2, 0) is 5.41 Å². The predicted octanol–water partition coefficient (Wildman–Crippen LogP) is 29.7. The average molecular weight is 1620 g/mol. The summed E-state index contributed by atoms with van der Waals surface area (Å²) < 4.78 is 7.89. The summed E-state index contributed by atoms with van der Waals surface area (Å²) in [4.78, 5) is 5.55. The van der Waals surface area contributed by atoms with Crippen molar-refractivity contribution in [3.8, 4) is 95.0 Å². The molecule has 2 aliphatic heterocycles. The first-order valence-corrected chi connectivity index (χ1v) is 45.1. The van der Waals surface area contributed by atoms with Crippen LogP contribution in [0.3, 0.4) is 0 Å². The summed E-state index contributed by atoms with van der Waals surface area (Å²) in [6.07, 6.45) is 4.79. The molecule has 5 heterocycles. The highest BCUT2D eigenvalue weighted by molar-refractivity contribution is 7.00. The van der Waals surface area contributed by atoms with E-state index < -0.39 is 6.71 Å². The van der Waals surface area contributed by atoms with Gasteiger partial charge in [-0.25, -0.2) is 0 Å². The summed E-state index contributed by atoms with van der Waals surface area (Å²) in [6.45, 7) is -0.419. The van der Waals surface area contributed by atoms with Gasteiger partial charge in [-0.2, -0.15) is 0 Å². The minimum atomic E-state index is -0.419. The van der Waals surface area contributed by atoms with E-state index in [-0.39, 0.29) is 5.41 Å². The molecule has 127 heavy (non-hydrogen) atoms. The minimum absolute atomic E-state index is 0.362. The highest BCUT2D eigenvalue weighted by Crippen LogP contribution is 2.68. The second-order valence-electron chi connectivity index (χ2n) is 35.4. The van der Waals surface area contributed by atoms with Crippen molar-refractivity contribution in [2.24, 2.45) is 5.92 Å². The van der Waals surface area contributed by atoms with E-state index in [9.17, 15) is 0 Å². The van der Waals surface area contributed by atoms with Gasteiger partial charge in [-0.05, 0) is 187 Å². The Morgan fingerprint density at radius 1 is 0.228 bits per heavy atom. The molecule has 1 fully saturated rings. The average Bonchev–Trinajstić information content (AvgIpc) is 1.65. The second-order valence-corrected chi connectivity index (χ2v) is 35.4. The van der Waals surface area contributed by atoms with Gasteiger partial charge in [0.15, 0.2) is 0 Å². The van der Waals surface area contributed by atoms with Crippen molar-refractivity contribution in [2.75, 3.05) is 9.80 Å². The van der Waals surface area contributed by atoms with Crippen LogP contribution in [0.5, 0.6) is 0 Å². The lowest BCUT2D eigenvalue weighted by Gasteiger charge is -2.46. The highest BCUT2D eigenvalue weighted by Gasteiger charge is 2.59. The molecule has 0 N–H and O–H groups in total. The van der Waals surface area contributed by atoms with Crippen LogP contribution >= 0.6 is 0 Å². The zero-order chi connectivity index (χ0) is 83.1. The van der Waals surface area contributed by atoms with E-state index in [1.807, 2.05) is 0 Å². The molecular formula is C121H82BN5. The summed E-state index contributed by atoms with van der Waals surface area (Å²) >= 11 is 0. The van der Waals surface area contributed by atoms with Gasteiger partial charge in [0.05, 0.1) is 67.0 Å². The molecule has 27 rings (SSSR count). The molecule has 2 unspecified atom stereocenters. The third kappa shape index (κ3) is 10.4. The SMILES string of the molecule is c1ccc(-c2ccccc2-n2c3ccccc3c3cc4c(cc32)B2c3cc5c(cc3N(c3c(-c6ccccc6)cccc3-c3ccccc3)c3cc(-n6c7ccccc7c7cc8c(cc76)C6(c7ccccc7-c7ccccc76)C6CCCCC86)cc(c32)N4c2c(-c3ccccc3)cccc2-c2ccccc2)c2ccccc2n5-c2ccccc2-c2ccccc2)cc1. The smallest absolute Gasteiger partial charge is 0.252 e. The van der Waals surface area contributed by atoms with Crippen molar-refractivity contribution in [3.63, 3.8) is 0 Å². The first kappa shape index (κ1) is 71.8. The molecule has 0 amide bonds. The van der Waals surface area contributed by atoms with Crippen molar-refractivity contribution in [3.05, 3.63) is 459 Å². The third-order valence-corrected chi connectivity index (χ3v) is 29.2. The summed E-state index contributed by atoms with van der Waals surface area (Å²) in [5.41, 5.74) is 42.3. The molecule has 2 atom stereocenters. The van der Waals surface area contributed by atoms with Gasteiger partial charge in [0.1, 0.15) is 0 Å². The fourth-order valence-corrected chi connectivity index (χ4v) is 24.2. The third-order valence-electron chi connectivity index (χ3n) is 29.2. The summed E-state index contributed by atoms with van der Waals surface area (Å²) in [5.74, 6) is 0.789. The number of benzene rings is 19. The first-order valence-electron chi connectivity index (χ1n) is 45.1. The van der Waals surface area contributed by atoms with Crippen molar-refractivity contribution in [2.45, 2.75) is 37.0 Å². The van der Waals surface area contributed by atoms with Crippen LogP contribution in [0.1, 0.15) is 53.9 Å². The van der Waals surface area contributed by atoms with Crippen LogP contribution in [0.2, 0.25) is 0 Å². The first-order chi connectivity index (χ1) is 63.1. The van der Waals surface area contributed by atoms with Crippen LogP contribution in [0.15, 0.2) is 437 Å². The molecule has 1 spiro atoms. The number of hydrogen-bond acceptors (Lipinski definition) is 2. The van der Waals surface area contributed by atoms with Crippen LogP contribution in [0.4, 0.5) is 34.1 Å². The van der Waals surface area contributed by atoms with Gasteiger partial charge in [0, 0.05) is 88.4 Å². The largest absolute Gasteiger partial charge is 0.310 e. The minimum Gasteiger partial charge on any atom is -0.310 e. The predicted molar refractivity (Wildman–Crippen MR) is 533 cm³/mol. The van der Waals surface area contributed by atoms with E-state index in [0.717, 1.165) is 156 Å². The lowest BCUT2D eigenvalue weighted by Crippen LogP contribution is -2.61. The number of anilines is 6. The number of nitrogens with zero attached hydrogens (tertiary/aromatic N) is 5. The van der Waals surface area contributed by atoms with Gasteiger partial charge in [-0.15, -0.1) is 0 Å². The van der Waals surface area contributed by atoms with Crippen LogP contribution in [0, 0.1) is 5.92 Å². The molecular weight excluding hydrogens is 1530 g/mol. The summed E-state index contributed by atoms with van der Waals surface area (Å²) in [6, 6.07) is 167. The highest BCUT2D eigenvalue weighted by atomic mass is 15.2. The van der Waals surface area contributed by atoms with Gasteiger partial charge < -0.3 is 23.5 Å². The van der Waals surface area contributed by atoms with Gasteiger partial charge in [-0.1, -0.05) is 371 Å². The lowest BCUT2D eigenvalue weighted by molar-refractivity contribution is 0.265. The Morgan fingerprint density at radius 3 is 0.984 bits per heavy atom. The van der Waals surface area contributed by atoms with Crippen LogP contribution < -0.4 is 26.2 Å². The Labute approximate surface area is 738 Å². The Balaban J connectivity index is 0.858.